The molecule has 4 nitrogen and oxygen atoms in total. The van der Waals surface area contributed by atoms with Crippen molar-refractivity contribution in [2.24, 2.45) is 0 Å². The van der Waals surface area contributed by atoms with Gasteiger partial charge in [0.2, 0.25) is 5.91 Å². The van der Waals surface area contributed by atoms with Gasteiger partial charge in [-0.25, -0.2) is 8.78 Å². The molecular weight excluding hydrogens is 372 g/mol. The van der Waals surface area contributed by atoms with Crippen LogP contribution in [0.1, 0.15) is 22.7 Å². The summed E-state index contributed by atoms with van der Waals surface area (Å²) in [5, 5.41) is 6.12. The maximum Gasteiger partial charge on any atom is 0.234 e. The monoisotopic (exact) mass is 395 g/mol. The minimum atomic E-state index is -0.279. The van der Waals surface area contributed by atoms with Crippen molar-refractivity contribution in [2.45, 2.75) is 19.5 Å². The molecule has 1 aliphatic heterocycles. The zero-order valence-electron chi connectivity index (χ0n) is 15.2. The Morgan fingerprint density at radius 3 is 2.81 bits per heavy atom. The predicted molar refractivity (Wildman–Crippen MR) is 104 cm³/mol. The van der Waals surface area contributed by atoms with E-state index >= 15 is 0 Å². The van der Waals surface area contributed by atoms with Crippen molar-refractivity contribution >= 4 is 18.3 Å². The number of carbonyl (C=O) groups is 1. The van der Waals surface area contributed by atoms with Crippen molar-refractivity contribution in [1.29, 1.82) is 0 Å². The number of benzene rings is 2. The number of rotatable bonds is 5. The molecule has 0 saturated carbocycles. The highest BCUT2D eigenvalue weighted by atomic mass is 35.5. The van der Waals surface area contributed by atoms with E-state index < -0.39 is 0 Å². The van der Waals surface area contributed by atoms with E-state index in [2.05, 4.69) is 10.6 Å². The Labute approximate surface area is 164 Å². The molecule has 1 heterocycles. The summed E-state index contributed by atoms with van der Waals surface area (Å²) in [5.74, 6) is -0.682. The molecule has 0 spiro atoms. The Morgan fingerprint density at radius 2 is 2.07 bits per heavy atom. The van der Waals surface area contributed by atoms with E-state index in [-0.39, 0.29) is 49.1 Å². The average Bonchev–Trinajstić information content (AvgIpc) is 2.63. The first kappa shape index (κ1) is 21.3. The van der Waals surface area contributed by atoms with Crippen LogP contribution in [-0.4, -0.2) is 37.0 Å². The summed E-state index contributed by atoms with van der Waals surface area (Å²) in [6, 6.07) is 11.4. The molecule has 1 unspecified atom stereocenters. The molecule has 0 radical (unpaired) electrons. The first-order chi connectivity index (χ1) is 12.5. The van der Waals surface area contributed by atoms with Crippen LogP contribution in [0.2, 0.25) is 0 Å². The predicted octanol–water partition coefficient (Wildman–Crippen LogP) is 2.96. The average molecular weight is 396 g/mol. The highest BCUT2D eigenvalue weighted by molar-refractivity contribution is 5.85. The van der Waals surface area contributed by atoms with E-state index in [9.17, 15) is 13.6 Å². The summed E-state index contributed by atoms with van der Waals surface area (Å²) in [7, 11) is 0. The molecule has 0 aliphatic carbocycles. The second kappa shape index (κ2) is 9.78. The Bertz CT molecular complexity index is 788. The van der Waals surface area contributed by atoms with Gasteiger partial charge in [-0.1, -0.05) is 24.3 Å². The van der Waals surface area contributed by atoms with E-state index in [1.807, 2.05) is 11.0 Å². The highest BCUT2D eigenvalue weighted by Crippen LogP contribution is 2.22. The molecule has 1 amide bonds. The number of piperazine rings is 1. The number of hydrogen-bond acceptors (Lipinski definition) is 3. The number of amides is 1. The number of nitrogens with zero attached hydrogens (tertiary/aromatic N) is 1. The molecule has 0 aromatic heterocycles. The molecule has 146 valence electrons. The number of nitrogens with one attached hydrogen (secondary N) is 2. The molecule has 1 saturated heterocycles. The first-order valence-corrected chi connectivity index (χ1v) is 8.75. The Kier molecular flexibility index (Phi) is 7.71. The Hall–Kier alpha value is -2.02. The topological polar surface area (TPSA) is 44.4 Å². The lowest BCUT2D eigenvalue weighted by Gasteiger charge is -2.36. The van der Waals surface area contributed by atoms with E-state index in [0.29, 0.717) is 18.7 Å². The van der Waals surface area contributed by atoms with Gasteiger partial charge in [-0.15, -0.1) is 12.4 Å². The molecule has 1 atom stereocenters. The number of hydrogen-bond donors (Lipinski definition) is 2. The van der Waals surface area contributed by atoms with Crippen molar-refractivity contribution < 1.29 is 13.6 Å². The van der Waals surface area contributed by atoms with Crippen LogP contribution in [0, 0.1) is 18.6 Å². The maximum atomic E-state index is 13.6. The van der Waals surface area contributed by atoms with Crippen LogP contribution >= 0.6 is 12.4 Å². The zero-order valence-corrected chi connectivity index (χ0v) is 16.0. The Morgan fingerprint density at radius 1 is 1.26 bits per heavy atom. The summed E-state index contributed by atoms with van der Waals surface area (Å²) in [4.78, 5) is 14.4. The second-order valence-corrected chi connectivity index (χ2v) is 6.61. The minimum absolute atomic E-state index is 0. The Balaban J connectivity index is 0.00000261. The van der Waals surface area contributed by atoms with Crippen molar-refractivity contribution in [3.63, 3.8) is 0 Å². The fraction of sp³-hybridized carbons (Fsp3) is 0.350. The number of halogens is 3. The van der Waals surface area contributed by atoms with Crippen LogP contribution < -0.4 is 10.6 Å². The molecule has 2 aromatic rings. The summed E-state index contributed by atoms with van der Waals surface area (Å²) in [6.07, 6.45) is 0. The summed E-state index contributed by atoms with van der Waals surface area (Å²) in [5.41, 5.74) is 2.16. The van der Waals surface area contributed by atoms with Gasteiger partial charge in [0.15, 0.2) is 0 Å². The fourth-order valence-electron chi connectivity index (χ4n) is 3.17. The third-order valence-electron chi connectivity index (χ3n) is 4.66. The molecule has 2 aromatic carbocycles. The van der Waals surface area contributed by atoms with Gasteiger partial charge in [-0.3, -0.25) is 9.69 Å². The molecule has 1 fully saturated rings. The van der Waals surface area contributed by atoms with Crippen LogP contribution in [0.5, 0.6) is 0 Å². The van der Waals surface area contributed by atoms with Gasteiger partial charge in [0, 0.05) is 32.2 Å². The largest absolute Gasteiger partial charge is 0.351 e. The third-order valence-corrected chi connectivity index (χ3v) is 4.66. The van der Waals surface area contributed by atoms with Crippen molar-refractivity contribution in [3.05, 3.63) is 70.8 Å². The fourth-order valence-corrected chi connectivity index (χ4v) is 3.17. The van der Waals surface area contributed by atoms with E-state index in [4.69, 9.17) is 0 Å². The van der Waals surface area contributed by atoms with Crippen LogP contribution in [0.4, 0.5) is 8.78 Å². The smallest absolute Gasteiger partial charge is 0.234 e. The van der Waals surface area contributed by atoms with E-state index in [0.717, 1.165) is 17.7 Å². The van der Waals surface area contributed by atoms with Gasteiger partial charge in [0.05, 0.1) is 6.54 Å². The molecule has 1 aliphatic rings. The first-order valence-electron chi connectivity index (χ1n) is 8.75. The molecule has 7 heteroatoms. The zero-order chi connectivity index (χ0) is 18.5. The van der Waals surface area contributed by atoms with Crippen molar-refractivity contribution in [2.75, 3.05) is 26.2 Å². The standard InChI is InChI=1S/C20H23F2N3O.ClH/c1-14-5-6-15(9-18(14)22)11-24-20(26)13-25-8-7-23-12-19(25)16-3-2-4-17(21)10-16;/h2-6,9-10,19,23H,7-8,11-13H2,1H3,(H,24,26);1H. The van der Waals surface area contributed by atoms with Crippen molar-refractivity contribution in [3.8, 4) is 0 Å². The van der Waals surface area contributed by atoms with Gasteiger partial charge >= 0.3 is 0 Å². The third kappa shape index (κ3) is 5.73. The lowest BCUT2D eigenvalue weighted by atomic mass is 10.0. The van der Waals surface area contributed by atoms with Gasteiger partial charge < -0.3 is 10.6 Å². The van der Waals surface area contributed by atoms with Gasteiger partial charge in [0.1, 0.15) is 11.6 Å². The summed E-state index contributed by atoms with van der Waals surface area (Å²) >= 11 is 0. The lowest BCUT2D eigenvalue weighted by Crippen LogP contribution is -2.49. The molecule has 27 heavy (non-hydrogen) atoms. The second-order valence-electron chi connectivity index (χ2n) is 6.61. The molecular formula is C20H24ClF2N3O. The quantitative estimate of drug-likeness (QED) is 0.818. The molecule has 3 rings (SSSR count). The summed E-state index contributed by atoms with van der Waals surface area (Å²) < 4.78 is 27.1. The maximum absolute atomic E-state index is 13.6. The van der Waals surface area contributed by atoms with Crippen LogP contribution in [-0.2, 0) is 11.3 Å². The van der Waals surface area contributed by atoms with Gasteiger partial charge in [-0.2, -0.15) is 0 Å². The van der Waals surface area contributed by atoms with Gasteiger partial charge in [0.25, 0.3) is 0 Å². The normalized spacial score (nSPS) is 17.2. The minimum Gasteiger partial charge on any atom is -0.351 e. The lowest BCUT2D eigenvalue weighted by molar-refractivity contribution is -0.123. The number of carbonyl (C=O) groups excluding carboxylic acids is 1. The SMILES string of the molecule is Cc1ccc(CNC(=O)CN2CCNCC2c2cccc(F)c2)cc1F.Cl. The number of aryl methyl sites for hydroxylation is 1. The van der Waals surface area contributed by atoms with Crippen molar-refractivity contribution in [1.82, 2.24) is 15.5 Å². The molecule has 0 bridgehead atoms. The summed E-state index contributed by atoms with van der Waals surface area (Å²) in [6.45, 7) is 4.36. The van der Waals surface area contributed by atoms with E-state index in [1.165, 1.54) is 18.2 Å². The molecule has 2 N–H and O–H groups in total. The van der Waals surface area contributed by atoms with Crippen LogP contribution in [0.3, 0.4) is 0 Å². The van der Waals surface area contributed by atoms with E-state index in [1.54, 1.807) is 25.1 Å². The highest BCUT2D eigenvalue weighted by Gasteiger charge is 2.25. The van der Waals surface area contributed by atoms with Crippen LogP contribution in [0.15, 0.2) is 42.5 Å². The van der Waals surface area contributed by atoms with Gasteiger partial charge in [-0.05, 0) is 41.8 Å². The van der Waals surface area contributed by atoms with Crippen LogP contribution in [0.25, 0.3) is 0 Å².